The molecule has 1 aliphatic heterocycles. The molecule has 6 nitrogen and oxygen atoms in total. The van der Waals surface area contributed by atoms with Crippen molar-refractivity contribution in [2.75, 3.05) is 13.7 Å². The molecule has 0 aliphatic carbocycles. The molecule has 6 heteroatoms. The number of carbonyl (C=O) groups excluding carboxylic acids is 1. The maximum absolute atomic E-state index is 11.4. The van der Waals surface area contributed by atoms with E-state index in [0.717, 1.165) is 25.0 Å². The number of carbonyl (C=O) groups is 1. The summed E-state index contributed by atoms with van der Waals surface area (Å²) in [6.07, 6.45) is 1.82. The summed E-state index contributed by atoms with van der Waals surface area (Å²) >= 11 is 0. The van der Waals surface area contributed by atoms with E-state index in [1.54, 1.807) is 24.3 Å². The Morgan fingerprint density at radius 1 is 1.35 bits per heavy atom. The zero-order valence-electron chi connectivity index (χ0n) is 11.0. The molecule has 3 rings (SSSR count). The third-order valence-corrected chi connectivity index (χ3v) is 3.21. The molecular weight excluding hydrogens is 260 g/mol. The Hall–Kier alpha value is -2.21. The predicted molar refractivity (Wildman–Crippen MR) is 69.0 cm³/mol. The molecule has 104 valence electrons. The van der Waals surface area contributed by atoms with Gasteiger partial charge >= 0.3 is 5.97 Å². The lowest BCUT2D eigenvalue weighted by molar-refractivity contribution is 0.0601. The van der Waals surface area contributed by atoms with Crippen molar-refractivity contribution < 1.29 is 18.8 Å². The monoisotopic (exact) mass is 274 g/mol. The summed E-state index contributed by atoms with van der Waals surface area (Å²) in [5, 5.41) is 3.94. The van der Waals surface area contributed by atoms with Crippen molar-refractivity contribution in [2.45, 2.75) is 18.9 Å². The maximum Gasteiger partial charge on any atom is 0.337 e. The van der Waals surface area contributed by atoms with E-state index in [4.69, 9.17) is 9.26 Å². The Morgan fingerprint density at radius 3 is 2.80 bits per heavy atom. The molecule has 1 aromatic heterocycles. The van der Waals surface area contributed by atoms with Gasteiger partial charge in [0, 0.05) is 12.2 Å². The lowest BCUT2D eigenvalue weighted by Crippen LogP contribution is -2.00. The van der Waals surface area contributed by atoms with E-state index in [1.807, 2.05) is 0 Å². The zero-order chi connectivity index (χ0) is 13.9. The SMILES string of the molecule is COC(=O)c1ccc(-c2noc([C@@H]3CCCO3)n2)cc1. The first kappa shape index (κ1) is 12.8. The van der Waals surface area contributed by atoms with Gasteiger partial charge in [-0.2, -0.15) is 4.98 Å². The van der Waals surface area contributed by atoms with E-state index in [-0.39, 0.29) is 12.1 Å². The van der Waals surface area contributed by atoms with Crippen molar-refractivity contribution in [2.24, 2.45) is 0 Å². The molecule has 1 saturated heterocycles. The number of methoxy groups -OCH3 is 1. The Kier molecular flexibility index (Phi) is 3.47. The van der Waals surface area contributed by atoms with Gasteiger partial charge in [0.2, 0.25) is 5.82 Å². The van der Waals surface area contributed by atoms with Crippen molar-refractivity contribution >= 4 is 5.97 Å². The third-order valence-electron chi connectivity index (χ3n) is 3.21. The highest BCUT2D eigenvalue weighted by atomic mass is 16.5. The first-order valence-corrected chi connectivity index (χ1v) is 6.42. The number of ether oxygens (including phenoxy) is 2. The number of rotatable bonds is 3. The van der Waals surface area contributed by atoms with Gasteiger partial charge in [0.15, 0.2) is 0 Å². The largest absolute Gasteiger partial charge is 0.465 e. The molecule has 1 aliphatic rings. The van der Waals surface area contributed by atoms with Crippen LogP contribution in [0.4, 0.5) is 0 Å². The van der Waals surface area contributed by atoms with E-state index in [9.17, 15) is 4.79 Å². The molecule has 2 heterocycles. The average Bonchev–Trinajstić information content (AvgIpc) is 3.17. The fourth-order valence-corrected chi connectivity index (χ4v) is 2.13. The van der Waals surface area contributed by atoms with Gasteiger partial charge in [0.1, 0.15) is 6.10 Å². The van der Waals surface area contributed by atoms with Crippen LogP contribution in [-0.4, -0.2) is 29.8 Å². The normalized spacial score (nSPS) is 18.1. The van der Waals surface area contributed by atoms with Crippen LogP contribution in [0, 0.1) is 0 Å². The third kappa shape index (κ3) is 2.42. The van der Waals surface area contributed by atoms with Crippen LogP contribution in [0.2, 0.25) is 0 Å². The van der Waals surface area contributed by atoms with Crippen molar-refractivity contribution in [3.05, 3.63) is 35.7 Å². The molecule has 2 aromatic rings. The standard InChI is InChI=1S/C14H14N2O4/c1-18-14(17)10-6-4-9(5-7-10)12-15-13(20-16-12)11-3-2-8-19-11/h4-7,11H,2-3,8H2,1H3/t11-/m0/s1. The van der Waals surface area contributed by atoms with Crippen molar-refractivity contribution in [3.8, 4) is 11.4 Å². The maximum atomic E-state index is 11.4. The zero-order valence-corrected chi connectivity index (χ0v) is 11.0. The molecule has 0 saturated carbocycles. The number of hydrogen-bond donors (Lipinski definition) is 0. The van der Waals surface area contributed by atoms with Crippen LogP contribution in [0.3, 0.4) is 0 Å². The summed E-state index contributed by atoms with van der Waals surface area (Å²) in [6.45, 7) is 0.732. The van der Waals surface area contributed by atoms with Crippen LogP contribution in [0.5, 0.6) is 0 Å². The number of benzene rings is 1. The van der Waals surface area contributed by atoms with E-state index < -0.39 is 0 Å². The average molecular weight is 274 g/mol. The van der Waals surface area contributed by atoms with Crippen molar-refractivity contribution in [1.29, 1.82) is 0 Å². The Balaban J connectivity index is 1.80. The Labute approximate surface area is 115 Å². The minimum Gasteiger partial charge on any atom is -0.465 e. The fraction of sp³-hybridized carbons (Fsp3) is 0.357. The second-order valence-electron chi connectivity index (χ2n) is 4.53. The van der Waals surface area contributed by atoms with Crippen LogP contribution in [0.1, 0.15) is 35.2 Å². The van der Waals surface area contributed by atoms with Gasteiger partial charge in [-0.3, -0.25) is 0 Å². The number of hydrogen-bond acceptors (Lipinski definition) is 6. The Bertz CT molecular complexity index is 600. The van der Waals surface area contributed by atoms with Gasteiger partial charge in [-0.15, -0.1) is 0 Å². The van der Waals surface area contributed by atoms with Crippen LogP contribution in [0.15, 0.2) is 28.8 Å². The first-order chi connectivity index (χ1) is 9.78. The van der Waals surface area contributed by atoms with Gasteiger partial charge in [-0.25, -0.2) is 4.79 Å². The van der Waals surface area contributed by atoms with E-state index in [2.05, 4.69) is 14.9 Å². The molecule has 1 aromatic carbocycles. The van der Waals surface area contributed by atoms with Gasteiger partial charge in [-0.1, -0.05) is 17.3 Å². The first-order valence-electron chi connectivity index (χ1n) is 6.42. The van der Waals surface area contributed by atoms with Crippen molar-refractivity contribution in [3.63, 3.8) is 0 Å². The summed E-state index contributed by atoms with van der Waals surface area (Å²) < 4.78 is 15.4. The molecule has 0 N–H and O–H groups in total. The van der Waals surface area contributed by atoms with E-state index in [0.29, 0.717) is 17.3 Å². The molecule has 0 spiro atoms. The number of nitrogens with zero attached hydrogens (tertiary/aromatic N) is 2. The van der Waals surface area contributed by atoms with E-state index >= 15 is 0 Å². The lowest BCUT2D eigenvalue weighted by atomic mass is 10.1. The van der Waals surface area contributed by atoms with Gasteiger partial charge < -0.3 is 14.0 Å². The molecule has 1 atom stereocenters. The molecule has 0 unspecified atom stereocenters. The lowest BCUT2D eigenvalue weighted by Gasteiger charge is -2.01. The van der Waals surface area contributed by atoms with Gasteiger partial charge in [-0.05, 0) is 25.0 Å². The summed E-state index contributed by atoms with van der Waals surface area (Å²) in [4.78, 5) is 15.7. The summed E-state index contributed by atoms with van der Waals surface area (Å²) in [5.74, 6) is 0.631. The summed E-state index contributed by atoms with van der Waals surface area (Å²) in [5.41, 5.74) is 1.27. The number of esters is 1. The van der Waals surface area contributed by atoms with Crippen LogP contribution in [-0.2, 0) is 9.47 Å². The van der Waals surface area contributed by atoms with Gasteiger partial charge in [0.25, 0.3) is 5.89 Å². The molecule has 0 bridgehead atoms. The second-order valence-corrected chi connectivity index (χ2v) is 4.53. The predicted octanol–water partition coefficient (Wildman–Crippen LogP) is 2.37. The summed E-state index contributed by atoms with van der Waals surface area (Å²) in [6, 6.07) is 6.86. The minimum atomic E-state index is -0.371. The highest BCUT2D eigenvalue weighted by Crippen LogP contribution is 2.28. The van der Waals surface area contributed by atoms with Crippen LogP contribution in [0.25, 0.3) is 11.4 Å². The topological polar surface area (TPSA) is 74.5 Å². The fourth-order valence-electron chi connectivity index (χ4n) is 2.13. The second kappa shape index (κ2) is 5.42. The van der Waals surface area contributed by atoms with Crippen LogP contribution < -0.4 is 0 Å². The molecule has 20 heavy (non-hydrogen) atoms. The highest BCUT2D eigenvalue weighted by molar-refractivity contribution is 5.89. The summed E-state index contributed by atoms with van der Waals surface area (Å²) in [7, 11) is 1.35. The molecule has 0 radical (unpaired) electrons. The van der Waals surface area contributed by atoms with Crippen LogP contribution >= 0.6 is 0 Å². The quantitative estimate of drug-likeness (QED) is 0.800. The molecule has 1 fully saturated rings. The minimum absolute atomic E-state index is 0.0920. The molecular formula is C14H14N2O4. The highest BCUT2D eigenvalue weighted by Gasteiger charge is 2.24. The Morgan fingerprint density at radius 2 is 2.15 bits per heavy atom. The smallest absolute Gasteiger partial charge is 0.337 e. The molecule has 0 amide bonds. The number of aromatic nitrogens is 2. The van der Waals surface area contributed by atoms with Gasteiger partial charge in [0.05, 0.1) is 12.7 Å². The van der Waals surface area contributed by atoms with Crippen molar-refractivity contribution in [1.82, 2.24) is 10.1 Å². The van der Waals surface area contributed by atoms with E-state index in [1.165, 1.54) is 7.11 Å².